The first kappa shape index (κ1) is 18.3. The van der Waals surface area contributed by atoms with E-state index in [-0.39, 0.29) is 11.9 Å². The minimum atomic E-state index is -0.00542. The van der Waals surface area contributed by atoms with Crippen molar-refractivity contribution in [3.63, 3.8) is 0 Å². The van der Waals surface area contributed by atoms with Crippen LogP contribution in [-0.4, -0.2) is 79.0 Å². The van der Waals surface area contributed by atoms with E-state index in [0.29, 0.717) is 11.6 Å². The van der Waals surface area contributed by atoms with Gasteiger partial charge in [0.2, 0.25) is 0 Å². The van der Waals surface area contributed by atoms with Crippen molar-refractivity contribution in [1.82, 2.24) is 19.5 Å². The quantitative estimate of drug-likeness (QED) is 0.858. The normalized spacial score (nSPS) is 28.5. The van der Waals surface area contributed by atoms with E-state index >= 15 is 0 Å². The van der Waals surface area contributed by atoms with Gasteiger partial charge in [-0.3, -0.25) is 4.79 Å². The average molecular weight is 400 g/mol. The van der Waals surface area contributed by atoms with Crippen molar-refractivity contribution < 1.29 is 4.79 Å². The van der Waals surface area contributed by atoms with Crippen LogP contribution in [0.2, 0.25) is 0 Å². The second kappa shape index (κ2) is 7.61. The van der Waals surface area contributed by atoms with Crippen molar-refractivity contribution >= 4 is 33.2 Å². The molecule has 0 unspecified atom stereocenters. The number of anilines is 1. The summed E-state index contributed by atoms with van der Waals surface area (Å²) in [6.07, 6.45) is 3.60. The largest absolute Gasteiger partial charge is 0.370 e. The number of carbonyl (C=O) groups excluding carboxylic acids is 1. The van der Waals surface area contributed by atoms with Crippen molar-refractivity contribution in [2.45, 2.75) is 25.3 Å². The van der Waals surface area contributed by atoms with E-state index in [1.165, 1.54) is 49.6 Å². The standard InChI is InChI=1S/C21H29N5OS/c1-24-7-2-8-26(12-11-24)16-3-4-17-19(13-16)28-23-20(17)21(27)22-18-14-25-9-5-15(18)6-10-25/h3-4,13,15,18H,2,5-12,14H2,1H3,(H,22,27)/t18-/m0/s1. The van der Waals surface area contributed by atoms with Crippen LogP contribution < -0.4 is 10.2 Å². The highest BCUT2D eigenvalue weighted by atomic mass is 32.1. The van der Waals surface area contributed by atoms with Gasteiger partial charge in [0, 0.05) is 43.3 Å². The fourth-order valence-electron chi connectivity index (χ4n) is 4.96. The van der Waals surface area contributed by atoms with Crippen LogP contribution >= 0.6 is 11.5 Å². The van der Waals surface area contributed by atoms with E-state index in [9.17, 15) is 4.79 Å². The van der Waals surface area contributed by atoms with Crippen LogP contribution in [0.5, 0.6) is 0 Å². The topological polar surface area (TPSA) is 51.7 Å². The predicted octanol–water partition coefficient (Wildman–Crippen LogP) is 2.26. The third kappa shape index (κ3) is 3.51. The highest BCUT2D eigenvalue weighted by Gasteiger charge is 2.35. The molecule has 1 atom stereocenters. The molecule has 2 bridgehead atoms. The lowest BCUT2D eigenvalue weighted by Gasteiger charge is -2.44. The van der Waals surface area contributed by atoms with Gasteiger partial charge in [0.1, 0.15) is 5.69 Å². The summed E-state index contributed by atoms with van der Waals surface area (Å²) in [7, 11) is 2.19. The van der Waals surface area contributed by atoms with Crippen molar-refractivity contribution in [3.8, 4) is 0 Å². The molecule has 2 aromatic rings. The molecular formula is C21H29N5OS. The van der Waals surface area contributed by atoms with Crippen molar-refractivity contribution in [3.05, 3.63) is 23.9 Å². The number of aromatic nitrogens is 1. The van der Waals surface area contributed by atoms with Gasteiger partial charge in [0.15, 0.2) is 0 Å². The lowest BCUT2D eigenvalue weighted by molar-refractivity contribution is 0.0619. The molecule has 1 aromatic carbocycles. The van der Waals surface area contributed by atoms with Crippen LogP contribution in [0.15, 0.2) is 18.2 Å². The summed E-state index contributed by atoms with van der Waals surface area (Å²) in [5.41, 5.74) is 1.84. The molecular weight excluding hydrogens is 370 g/mol. The smallest absolute Gasteiger partial charge is 0.271 e. The number of likely N-dealkylation sites (N-methyl/N-ethyl adjacent to an activating group) is 1. The summed E-state index contributed by atoms with van der Waals surface area (Å²) in [5.74, 6) is 0.626. The first-order chi connectivity index (χ1) is 13.7. The molecule has 6 nitrogen and oxygen atoms in total. The molecule has 4 saturated heterocycles. The van der Waals surface area contributed by atoms with Crippen molar-refractivity contribution in [2.24, 2.45) is 5.92 Å². The molecule has 0 saturated carbocycles. The van der Waals surface area contributed by atoms with E-state index in [1.807, 2.05) is 0 Å². The number of fused-ring (bicyclic) bond motifs is 4. The van der Waals surface area contributed by atoms with Crippen LogP contribution in [0.3, 0.4) is 0 Å². The van der Waals surface area contributed by atoms with Gasteiger partial charge in [0.25, 0.3) is 5.91 Å². The lowest BCUT2D eigenvalue weighted by atomic mass is 9.84. The number of rotatable bonds is 3. The zero-order chi connectivity index (χ0) is 19.1. The molecule has 0 spiro atoms. The Morgan fingerprint density at radius 1 is 1.14 bits per heavy atom. The molecule has 0 aliphatic carbocycles. The third-order valence-electron chi connectivity index (χ3n) is 6.73. The Morgan fingerprint density at radius 3 is 2.79 bits per heavy atom. The summed E-state index contributed by atoms with van der Waals surface area (Å²) < 4.78 is 5.63. The van der Waals surface area contributed by atoms with Gasteiger partial charge in [-0.05, 0) is 81.6 Å². The molecule has 4 aliphatic heterocycles. The first-order valence-electron chi connectivity index (χ1n) is 10.5. The molecule has 7 heteroatoms. The maximum atomic E-state index is 12.9. The maximum absolute atomic E-state index is 12.9. The molecule has 1 N–H and O–H groups in total. The van der Waals surface area contributed by atoms with E-state index < -0.39 is 0 Å². The lowest BCUT2D eigenvalue weighted by Crippen LogP contribution is -2.57. The molecule has 4 fully saturated rings. The maximum Gasteiger partial charge on any atom is 0.271 e. The number of hydrogen-bond donors (Lipinski definition) is 1. The molecule has 1 aromatic heterocycles. The van der Waals surface area contributed by atoms with Gasteiger partial charge in [-0.25, -0.2) is 0 Å². The monoisotopic (exact) mass is 399 g/mol. The van der Waals surface area contributed by atoms with E-state index in [0.717, 1.165) is 42.8 Å². The molecule has 0 radical (unpaired) electrons. The number of nitrogens with zero attached hydrogens (tertiary/aromatic N) is 4. The number of carbonyl (C=O) groups is 1. The summed E-state index contributed by atoms with van der Waals surface area (Å²) in [5, 5.41) is 4.27. The molecule has 150 valence electrons. The van der Waals surface area contributed by atoms with E-state index in [4.69, 9.17) is 0 Å². The average Bonchev–Trinajstić information content (AvgIpc) is 3.02. The van der Waals surface area contributed by atoms with Gasteiger partial charge in [-0.15, -0.1) is 0 Å². The van der Waals surface area contributed by atoms with Crippen LogP contribution in [0, 0.1) is 5.92 Å². The highest BCUT2D eigenvalue weighted by Crippen LogP contribution is 2.30. The summed E-state index contributed by atoms with van der Waals surface area (Å²) in [6.45, 7) is 7.75. The third-order valence-corrected chi connectivity index (χ3v) is 7.54. The van der Waals surface area contributed by atoms with Gasteiger partial charge < -0.3 is 20.0 Å². The SMILES string of the molecule is CN1CCCN(c2ccc3c(C(=O)N[C@H]4CN5CCC4CC5)nsc3c2)CC1. The minimum Gasteiger partial charge on any atom is -0.370 e. The molecule has 4 aliphatic rings. The highest BCUT2D eigenvalue weighted by molar-refractivity contribution is 7.13. The van der Waals surface area contributed by atoms with E-state index in [2.05, 4.69) is 49.6 Å². The molecule has 1 amide bonds. The van der Waals surface area contributed by atoms with Crippen molar-refractivity contribution in [1.29, 1.82) is 0 Å². The zero-order valence-electron chi connectivity index (χ0n) is 16.6. The number of piperidine rings is 3. The molecule has 28 heavy (non-hydrogen) atoms. The van der Waals surface area contributed by atoms with Crippen LogP contribution in [0.4, 0.5) is 5.69 Å². The van der Waals surface area contributed by atoms with Gasteiger partial charge in [-0.1, -0.05) is 0 Å². The number of benzene rings is 1. The van der Waals surface area contributed by atoms with Crippen molar-refractivity contribution in [2.75, 3.05) is 57.8 Å². The predicted molar refractivity (Wildman–Crippen MR) is 114 cm³/mol. The second-order valence-corrected chi connectivity index (χ2v) is 9.38. The molecule has 6 rings (SSSR count). The number of hydrogen-bond acceptors (Lipinski definition) is 6. The Kier molecular flexibility index (Phi) is 4.99. The molecule has 5 heterocycles. The Labute approximate surface area is 170 Å². The Hall–Kier alpha value is -1.70. The fourth-order valence-corrected chi connectivity index (χ4v) is 5.76. The minimum absolute atomic E-state index is 0.00542. The van der Waals surface area contributed by atoms with Crippen LogP contribution in [0.25, 0.3) is 10.1 Å². The summed E-state index contributed by atoms with van der Waals surface area (Å²) >= 11 is 1.45. The van der Waals surface area contributed by atoms with Gasteiger partial charge >= 0.3 is 0 Å². The Balaban J connectivity index is 1.32. The number of nitrogens with one attached hydrogen (secondary N) is 1. The first-order valence-corrected chi connectivity index (χ1v) is 11.3. The van der Waals surface area contributed by atoms with E-state index in [1.54, 1.807) is 0 Å². The van der Waals surface area contributed by atoms with Gasteiger partial charge in [0.05, 0.1) is 4.70 Å². The Bertz CT molecular complexity index is 860. The van der Waals surface area contributed by atoms with Gasteiger partial charge in [-0.2, -0.15) is 4.37 Å². The fraction of sp³-hybridized carbons (Fsp3) is 0.619. The second-order valence-electron chi connectivity index (χ2n) is 8.57. The van der Waals surface area contributed by atoms with Crippen LogP contribution in [0.1, 0.15) is 29.8 Å². The van der Waals surface area contributed by atoms with Crippen LogP contribution in [-0.2, 0) is 0 Å². The summed E-state index contributed by atoms with van der Waals surface area (Å²) in [6, 6.07) is 6.74. The Morgan fingerprint density at radius 2 is 2.00 bits per heavy atom. The summed E-state index contributed by atoms with van der Waals surface area (Å²) in [4.78, 5) is 20.2. The number of amides is 1. The zero-order valence-corrected chi connectivity index (χ0v) is 17.4.